The summed E-state index contributed by atoms with van der Waals surface area (Å²) in [7, 11) is 0. The number of benzene rings is 1. The number of aromatic hydroxyl groups is 1. The zero-order valence-electron chi connectivity index (χ0n) is 13.8. The van der Waals surface area contributed by atoms with Crippen LogP contribution in [0.4, 0.5) is 0 Å². The van der Waals surface area contributed by atoms with Crippen LogP contribution in [0, 0.1) is 0 Å². The average molecular weight is 348 g/mol. The van der Waals surface area contributed by atoms with E-state index in [1.54, 1.807) is 54.7 Å². The number of rotatable bonds is 5. The van der Waals surface area contributed by atoms with Crippen LogP contribution in [0.2, 0.25) is 0 Å². The molecule has 1 amide bonds. The molecule has 7 heteroatoms. The molecule has 0 aliphatic rings. The second kappa shape index (κ2) is 7.43. The van der Waals surface area contributed by atoms with Gasteiger partial charge in [-0.25, -0.2) is 5.43 Å². The van der Waals surface area contributed by atoms with E-state index in [4.69, 9.17) is 0 Å². The topological polar surface area (TPSA) is 96.6 Å². The SMILES string of the molecule is C=CCn1c(=O)c(C(=O)N/N=C/c2ccccn2)c(O)c2ccccc21. The van der Waals surface area contributed by atoms with Gasteiger partial charge in [0.2, 0.25) is 0 Å². The third-order valence-electron chi connectivity index (χ3n) is 3.74. The normalized spacial score (nSPS) is 10.9. The molecule has 0 aliphatic heterocycles. The quantitative estimate of drug-likeness (QED) is 0.419. The van der Waals surface area contributed by atoms with Crippen LogP contribution in [0.5, 0.6) is 5.75 Å². The standard InChI is InChI=1S/C19H16N4O3/c1-2-11-23-15-9-4-3-8-14(15)17(24)16(19(23)26)18(25)22-21-12-13-7-5-6-10-20-13/h2-10,12,24H,1,11H2,(H,22,25)/b21-12+. The summed E-state index contributed by atoms with van der Waals surface area (Å²) < 4.78 is 1.37. The lowest BCUT2D eigenvalue weighted by Gasteiger charge is -2.12. The van der Waals surface area contributed by atoms with E-state index in [1.807, 2.05) is 0 Å². The Balaban J connectivity index is 2.01. The second-order valence-corrected chi connectivity index (χ2v) is 5.40. The first-order chi connectivity index (χ1) is 12.6. The summed E-state index contributed by atoms with van der Waals surface area (Å²) in [6, 6.07) is 12.0. The number of fused-ring (bicyclic) bond motifs is 1. The summed E-state index contributed by atoms with van der Waals surface area (Å²) in [5.74, 6) is -1.18. The third-order valence-corrected chi connectivity index (χ3v) is 3.74. The number of para-hydroxylation sites is 1. The lowest BCUT2D eigenvalue weighted by molar-refractivity contribution is 0.0950. The van der Waals surface area contributed by atoms with Crippen LogP contribution < -0.4 is 11.0 Å². The lowest BCUT2D eigenvalue weighted by Crippen LogP contribution is -2.31. The fraction of sp³-hybridized carbons (Fsp3) is 0.0526. The van der Waals surface area contributed by atoms with Gasteiger partial charge in [-0.15, -0.1) is 6.58 Å². The van der Waals surface area contributed by atoms with Crippen LogP contribution in [-0.2, 0) is 6.54 Å². The number of amides is 1. The van der Waals surface area contributed by atoms with E-state index in [9.17, 15) is 14.7 Å². The van der Waals surface area contributed by atoms with Crippen molar-refractivity contribution in [2.24, 2.45) is 5.10 Å². The summed E-state index contributed by atoms with van der Waals surface area (Å²) in [4.78, 5) is 29.2. The first kappa shape index (κ1) is 17.1. The Morgan fingerprint density at radius 1 is 1.27 bits per heavy atom. The largest absolute Gasteiger partial charge is 0.506 e. The van der Waals surface area contributed by atoms with Gasteiger partial charge in [0.1, 0.15) is 11.3 Å². The van der Waals surface area contributed by atoms with Gasteiger partial charge in [0.05, 0.1) is 17.4 Å². The summed E-state index contributed by atoms with van der Waals surface area (Å²) in [5.41, 5.74) is 2.32. The molecule has 0 atom stereocenters. The molecule has 0 saturated heterocycles. The third kappa shape index (κ3) is 3.23. The highest BCUT2D eigenvalue weighted by molar-refractivity contribution is 6.02. The predicted molar refractivity (Wildman–Crippen MR) is 99.4 cm³/mol. The number of hydrogen-bond acceptors (Lipinski definition) is 5. The van der Waals surface area contributed by atoms with Gasteiger partial charge in [0.25, 0.3) is 11.5 Å². The molecule has 2 aromatic heterocycles. The zero-order chi connectivity index (χ0) is 18.5. The van der Waals surface area contributed by atoms with Crippen LogP contribution in [-0.4, -0.2) is 26.8 Å². The van der Waals surface area contributed by atoms with Crippen molar-refractivity contribution in [3.8, 4) is 5.75 Å². The maximum absolute atomic E-state index is 12.7. The molecule has 1 aromatic carbocycles. The lowest BCUT2D eigenvalue weighted by atomic mass is 10.1. The van der Waals surface area contributed by atoms with Gasteiger partial charge in [0, 0.05) is 18.1 Å². The number of nitrogens with one attached hydrogen (secondary N) is 1. The Morgan fingerprint density at radius 2 is 2.04 bits per heavy atom. The molecule has 0 fully saturated rings. The monoisotopic (exact) mass is 348 g/mol. The molecule has 2 N–H and O–H groups in total. The van der Waals surface area contributed by atoms with E-state index in [0.29, 0.717) is 16.6 Å². The van der Waals surface area contributed by atoms with E-state index in [0.717, 1.165) is 0 Å². The summed E-state index contributed by atoms with van der Waals surface area (Å²) in [6.07, 6.45) is 4.48. The molecule has 2 heterocycles. The molecule has 0 spiro atoms. The molecule has 0 bridgehead atoms. The fourth-order valence-electron chi connectivity index (χ4n) is 2.57. The van der Waals surface area contributed by atoms with E-state index in [-0.39, 0.29) is 17.9 Å². The van der Waals surface area contributed by atoms with Gasteiger partial charge >= 0.3 is 0 Å². The maximum Gasteiger partial charge on any atom is 0.280 e. The summed E-state index contributed by atoms with van der Waals surface area (Å²) in [6.45, 7) is 3.84. The van der Waals surface area contributed by atoms with Gasteiger partial charge < -0.3 is 9.67 Å². The van der Waals surface area contributed by atoms with Crippen molar-refractivity contribution in [3.63, 3.8) is 0 Å². The Bertz CT molecular complexity index is 1060. The number of allylic oxidation sites excluding steroid dienone is 1. The minimum absolute atomic E-state index is 0.205. The van der Waals surface area contributed by atoms with Crippen molar-refractivity contribution >= 4 is 23.0 Å². The molecule has 3 rings (SSSR count). The zero-order valence-corrected chi connectivity index (χ0v) is 13.8. The molecule has 0 saturated carbocycles. The first-order valence-electron chi connectivity index (χ1n) is 7.83. The number of carbonyl (C=O) groups is 1. The average Bonchev–Trinajstić information content (AvgIpc) is 2.66. The fourth-order valence-corrected chi connectivity index (χ4v) is 2.57. The summed E-state index contributed by atoms with van der Waals surface area (Å²) >= 11 is 0. The van der Waals surface area contributed by atoms with Crippen LogP contribution in [0.1, 0.15) is 16.1 Å². The van der Waals surface area contributed by atoms with Gasteiger partial charge in [-0.2, -0.15) is 5.10 Å². The van der Waals surface area contributed by atoms with Crippen molar-refractivity contribution in [2.75, 3.05) is 0 Å². The van der Waals surface area contributed by atoms with Gasteiger partial charge in [-0.05, 0) is 24.3 Å². The number of aromatic nitrogens is 2. The van der Waals surface area contributed by atoms with Crippen molar-refractivity contribution in [1.82, 2.24) is 15.0 Å². The Hall–Kier alpha value is -3.74. The van der Waals surface area contributed by atoms with Gasteiger partial charge in [-0.3, -0.25) is 14.6 Å². The van der Waals surface area contributed by atoms with Crippen molar-refractivity contribution in [1.29, 1.82) is 0 Å². The summed E-state index contributed by atoms with van der Waals surface area (Å²) in [5, 5.41) is 14.6. The van der Waals surface area contributed by atoms with E-state index in [2.05, 4.69) is 22.1 Å². The highest BCUT2D eigenvalue weighted by Gasteiger charge is 2.21. The van der Waals surface area contributed by atoms with Crippen molar-refractivity contribution in [3.05, 3.63) is 82.9 Å². The van der Waals surface area contributed by atoms with Crippen LogP contribution in [0.3, 0.4) is 0 Å². The number of carbonyl (C=O) groups excluding carboxylic acids is 1. The van der Waals surface area contributed by atoms with Crippen LogP contribution >= 0.6 is 0 Å². The van der Waals surface area contributed by atoms with Crippen molar-refractivity contribution < 1.29 is 9.90 Å². The molecular formula is C19H16N4O3. The van der Waals surface area contributed by atoms with E-state index < -0.39 is 11.5 Å². The van der Waals surface area contributed by atoms with Crippen LogP contribution in [0.15, 0.2) is 71.2 Å². The number of hydrogen-bond donors (Lipinski definition) is 2. The number of nitrogens with zero attached hydrogens (tertiary/aromatic N) is 3. The first-order valence-corrected chi connectivity index (χ1v) is 7.83. The van der Waals surface area contributed by atoms with E-state index in [1.165, 1.54) is 10.8 Å². The Morgan fingerprint density at radius 3 is 2.77 bits per heavy atom. The predicted octanol–water partition coefficient (Wildman–Crippen LogP) is 2.05. The minimum atomic E-state index is -0.803. The Kier molecular flexibility index (Phi) is 4.89. The van der Waals surface area contributed by atoms with Crippen LogP contribution in [0.25, 0.3) is 10.9 Å². The molecule has 130 valence electrons. The molecule has 0 radical (unpaired) electrons. The highest BCUT2D eigenvalue weighted by Crippen LogP contribution is 2.26. The second-order valence-electron chi connectivity index (χ2n) is 5.40. The van der Waals surface area contributed by atoms with Crippen molar-refractivity contribution in [2.45, 2.75) is 6.54 Å². The highest BCUT2D eigenvalue weighted by atomic mass is 16.3. The minimum Gasteiger partial charge on any atom is -0.506 e. The van der Waals surface area contributed by atoms with E-state index >= 15 is 0 Å². The Labute approximate surface area is 148 Å². The number of pyridine rings is 2. The molecule has 0 aliphatic carbocycles. The molecule has 3 aromatic rings. The van der Waals surface area contributed by atoms with Gasteiger partial charge in [-0.1, -0.05) is 24.3 Å². The molecule has 0 unspecified atom stereocenters. The number of hydrazone groups is 1. The molecule has 7 nitrogen and oxygen atoms in total. The maximum atomic E-state index is 12.7. The smallest absolute Gasteiger partial charge is 0.280 e. The molecule has 26 heavy (non-hydrogen) atoms. The van der Waals surface area contributed by atoms with Gasteiger partial charge in [0.15, 0.2) is 0 Å². The molecular weight excluding hydrogens is 332 g/mol.